The third kappa shape index (κ3) is 3.45. The van der Waals surface area contributed by atoms with Crippen LogP contribution in [0.25, 0.3) is 0 Å². The van der Waals surface area contributed by atoms with Crippen molar-refractivity contribution in [3.63, 3.8) is 0 Å². The lowest BCUT2D eigenvalue weighted by Crippen LogP contribution is -2.53. The number of benzene rings is 1. The van der Waals surface area contributed by atoms with Gasteiger partial charge in [-0.15, -0.1) is 0 Å². The summed E-state index contributed by atoms with van der Waals surface area (Å²) in [5.41, 5.74) is -8.51. The third-order valence-electron chi connectivity index (χ3n) is 6.72. The first-order valence-electron chi connectivity index (χ1n) is 10.3. The van der Waals surface area contributed by atoms with Crippen LogP contribution in [0.3, 0.4) is 0 Å². The Morgan fingerprint density at radius 2 is 1.64 bits per heavy atom. The zero-order chi connectivity index (χ0) is 26.9. The lowest BCUT2D eigenvalue weighted by molar-refractivity contribution is -0.348. The van der Waals surface area contributed by atoms with Crippen LogP contribution in [0.5, 0.6) is 0 Å². The lowest BCUT2D eigenvalue weighted by Gasteiger charge is -2.41. The Hall–Kier alpha value is -2.97. The molecular weight excluding hydrogens is 528 g/mol. The van der Waals surface area contributed by atoms with E-state index in [2.05, 4.69) is 4.98 Å². The second-order valence-corrected chi connectivity index (χ2v) is 10.7. The van der Waals surface area contributed by atoms with Crippen molar-refractivity contribution >= 4 is 15.9 Å². The summed E-state index contributed by atoms with van der Waals surface area (Å²) in [5, 5.41) is 9.58. The molecule has 4 rings (SSSR count). The van der Waals surface area contributed by atoms with Crippen LogP contribution in [0.1, 0.15) is 29.7 Å². The maximum absolute atomic E-state index is 14.6. The molecule has 0 radical (unpaired) electrons. The summed E-state index contributed by atoms with van der Waals surface area (Å²) in [7, 11) is -4.63. The van der Waals surface area contributed by atoms with Crippen LogP contribution < -0.4 is 0 Å². The average molecular weight is 544 g/mol. The van der Waals surface area contributed by atoms with Crippen LogP contribution in [0.4, 0.5) is 39.9 Å². The Morgan fingerprint density at radius 3 is 2.17 bits per heavy atom. The first kappa shape index (κ1) is 26.1. The largest absolute Gasteiger partial charge is 0.465 e. The van der Waals surface area contributed by atoms with Gasteiger partial charge >= 0.3 is 24.1 Å². The first-order chi connectivity index (χ1) is 16.5. The zero-order valence-electron chi connectivity index (χ0n) is 17.9. The van der Waals surface area contributed by atoms with Gasteiger partial charge in [0.05, 0.1) is 16.6 Å². The fraction of sp³-hybridized carbons (Fsp3) is 0.429. The minimum Gasteiger partial charge on any atom is -0.465 e. The smallest absolute Gasteiger partial charge is 0.436 e. The maximum atomic E-state index is 14.6. The van der Waals surface area contributed by atoms with E-state index in [9.17, 15) is 53.4 Å². The number of alkyl halides is 7. The number of amides is 1. The summed E-state index contributed by atoms with van der Waals surface area (Å²) >= 11 is 0. The van der Waals surface area contributed by atoms with Crippen molar-refractivity contribution in [1.82, 2.24) is 9.88 Å². The van der Waals surface area contributed by atoms with E-state index in [1.165, 1.54) is 0 Å². The summed E-state index contributed by atoms with van der Waals surface area (Å²) in [4.78, 5) is 15.8. The van der Waals surface area contributed by atoms with Crippen molar-refractivity contribution in [2.45, 2.75) is 53.0 Å². The van der Waals surface area contributed by atoms with Crippen molar-refractivity contribution in [3.05, 3.63) is 59.2 Å². The van der Waals surface area contributed by atoms with Gasteiger partial charge in [-0.25, -0.2) is 22.0 Å². The van der Waals surface area contributed by atoms with Crippen molar-refractivity contribution in [2.24, 2.45) is 0 Å². The van der Waals surface area contributed by atoms with Gasteiger partial charge in [-0.2, -0.15) is 26.3 Å². The Kier molecular flexibility index (Phi) is 5.81. The number of aromatic nitrogens is 1. The van der Waals surface area contributed by atoms with Gasteiger partial charge in [0.2, 0.25) is 0 Å². The molecule has 2 aliphatic rings. The summed E-state index contributed by atoms with van der Waals surface area (Å²) in [5.74, 6) is -0.785. The van der Waals surface area contributed by atoms with Crippen LogP contribution in [0, 0.1) is 5.82 Å². The van der Waals surface area contributed by atoms with E-state index >= 15 is 0 Å². The minimum atomic E-state index is -6.40. The fourth-order valence-corrected chi connectivity index (χ4v) is 7.39. The van der Waals surface area contributed by atoms with Crippen molar-refractivity contribution in [3.8, 4) is 0 Å². The quantitative estimate of drug-likeness (QED) is 0.440. The summed E-state index contributed by atoms with van der Waals surface area (Å²) in [6.45, 7) is -0.332. The van der Waals surface area contributed by atoms with Crippen LogP contribution >= 0.6 is 0 Å². The second kappa shape index (κ2) is 8.02. The molecule has 2 atom stereocenters. The molecule has 6 nitrogen and oxygen atoms in total. The Morgan fingerprint density at radius 1 is 1.06 bits per heavy atom. The van der Waals surface area contributed by atoms with Gasteiger partial charge in [-0.05, 0) is 55.2 Å². The van der Waals surface area contributed by atoms with Crippen LogP contribution in [-0.4, -0.2) is 54.4 Å². The molecule has 2 heterocycles. The van der Waals surface area contributed by atoms with E-state index in [0.717, 1.165) is 29.2 Å². The Labute approximate surface area is 198 Å². The van der Waals surface area contributed by atoms with E-state index in [1.54, 1.807) is 0 Å². The standard InChI is InChI=1S/C21H16F8N2O4S/c22-13-2-4-14(5-3-13)36(34,35)18-7-8-31(17(32)33)15(18)6-1-11-9-12(10-30-16(11)18)19(23,20(24,25)26)21(27,28)29/h2-5,9-10,15H,1,6-8H2,(H,32,33). The predicted octanol–water partition coefficient (Wildman–Crippen LogP) is 4.88. The second-order valence-electron chi connectivity index (χ2n) is 8.51. The molecule has 0 bridgehead atoms. The number of sulfone groups is 1. The number of hydrogen-bond acceptors (Lipinski definition) is 4. The molecule has 15 heteroatoms. The number of hydrogen-bond donors (Lipinski definition) is 1. The number of nitrogens with zero attached hydrogens (tertiary/aromatic N) is 2. The van der Waals surface area contributed by atoms with E-state index in [4.69, 9.17) is 0 Å². The SMILES string of the molecule is O=C(O)N1CCC2(S(=O)(=O)c3ccc(F)cc3)c3ncc(C(F)(C(F)(F)F)C(F)(F)F)cc3CCC12. The number of rotatable bonds is 3. The number of likely N-dealkylation sites (tertiary alicyclic amines) is 1. The molecular formula is C21H16F8N2O4S. The van der Waals surface area contributed by atoms with Gasteiger partial charge in [0.15, 0.2) is 9.84 Å². The molecule has 2 aromatic rings. The average Bonchev–Trinajstić information content (AvgIpc) is 3.19. The van der Waals surface area contributed by atoms with E-state index in [0.29, 0.717) is 0 Å². The van der Waals surface area contributed by atoms with Crippen LogP contribution in [-0.2, 0) is 26.7 Å². The molecule has 1 amide bonds. The molecule has 1 aliphatic heterocycles. The first-order valence-corrected chi connectivity index (χ1v) is 11.8. The molecule has 1 aromatic carbocycles. The molecule has 36 heavy (non-hydrogen) atoms. The van der Waals surface area contributed by atoms with Gasteiger partial charge in [0.25, 0.3) is 0 Å². The topological polar surface area (TPSA) is 87.6 Å². The number of carbonyl (C=O) groups is 1. The highest BCUT2D eigenvalue weighted by atomic mass is 32.2. The molecule has 1 fully saturated rings. The molecule has 0 saturated carbocycles. The fourth-order valence-electron chi connectivity index (χ4n) is 5.07. The van der Waals surface area contributed by atoms with E-state index in [-0.39, 0.29) is 31.6 Å². The predicted molar refractivity (Wildman–Crippen MR) is 106 cm³/mol. The zero-order valence-corrected chi connectivity index (χ0v) is 18.7. The van der Waals surface area contributed by atoms with E-state index < -0.39 is 78.7 Å². The van der Waals surface area contributed by atoms with Crippen molar-refractivity contribution < 1.29 is 53.4 Å². The Bertz CT molecular complexity index is 1300. The van der Waals surface area contributed by atoms with Gasteiger partial charge in [-0.1, -0.05) is 0 Å². The summed E-state index contributed by atoms with van der Waals surface area (Å²) in [6.07, 6.45) is -15.4. The normalized spacial score (nSPS) is 22.8. The van der Waals surface area contributed by atoms with Gasteiger partial charge in [0.1, 0.15) is 10.6 Å². The number of aryl methyl sites for hydroxylation is 1. The Balaban J connectivity index is 1.97. The molecule has 0 spiro atoms. The highest BCUT2D eigenvalue weighted by Crippen LogP contribution is 2.56. The molecule has 2 unspecified atom stereocenters. The molecule has 1 aliphatic carbocycles. The van der Waals surface area contributed by atoms with Gasteiger partial charge in [-0.3, -0.25) is 4.98 Å². The number of halogens is 8. The summed E-state index contributed by atoms with van der Waals surface area (Å²) < 4.78 is 133. The lowest BCUT2D eigenvalue weighted by atomic mass is 9.80. The highest BCUT2D eigenvalue weighted by Gasteiger charge is 2.74. The molecule has 196 valence electrons. The number of pyridine rings is 1. The molecule has 1 aromatic heterocycles. The maximum Gasteiger partial charge on any atom is 0.436 e. The highest BCUT2D eigenvalue weighted by molar-refractivity contribution is 7.92. The number of fused-ring (bicyclic) bond motifs is 3. The summed E-state index contributed by atoms with van der Waals surface area (Å²) in [6, 6.07) is 2.45. The monoisotopic (exact) mass is 544 g/mol. The minimum absolute atomic E-state index is 0.0203. The van der Waals surface area contributed by atoms with Crippen LogP contribution in [0.15, 0.2) is 41.4 Å². The van der Waals surface area contributed by atoms with E-state index in [1.807, 2.05) is 0 Å². The number of carboxylic acid groups (broad SMARTS) is 1. The van der Waals surface area contributed by atoms with Crippen LogP contribution in [0.2, 0.25) is 0 Å². The van der Waals surface area contributed by atoms with Gasteiger partial charge in [0, 0.05) is 18.3 Å². The van der Waals surface area contributed by atoms with Gasteiger partial charge < -0.3 is 10.0 Å². The third-order valence-corrected chi connectivity index (χ3v) is 9.24. The van der Waals surface area contributed by atoms with Crippen molar-refractivity contribution in [2.75, 3.05) is 6.54 Å². The molecule has 1 N–H and O–H groups in total. The van der Waals surface area contributed by atoms with Crippen molar-refractivity contribution in [1.29, 1.82) is 0 Å². The molecule has 1 saturated heterocycles.